The smallest absolute Gasteiger partial charge is 0.0628 e. The average Bonchev–Trinajstić information content (AvgIpc) is 2.26. The van der Waals surface area contributed by atoms with Gasteiger partial charge in [0.15, 0.2) is 0 Å². The predicted molar refractivity (Wildman–Crippen MR) is 74.7 cm³/mol. The molecular weight excluding hydrogens is 286 g/mol. The lowest BCUT2D eigenvalue weighted by atomic mass is 10.1. The van der Waals surface area contributed by atoms with Gasteiger partial charge in [-0.2, -0.15) is 0 Å². The van der Waals surface area contributed by atoms with Crippen LogP contribution in [0.25, 0.3) is 0 Å². The van der Waals surface area contributed by atoms with Gasteiger partial charge in [-0.3, -0.25) is 0 Å². The third kappa shape index (κ3) is 4.09. The Hall–Kier alpha value is -0.0300. The van der Waals surface area contributed by atoms with Crippen LogP contribution in [0.4, 0.5) is 0 Å². The molecule has 4 heteroatoms. The second-order valence-corrected chi connectivity index (χ2v) is 6.36. The third-order valence-electron chi connectivity index (χ3n) is 2.51. The van der Waals surface area contributed by atoms with Crippen molar-refractivity contribution < 1.29 is 5.11 Å². The lowest BCUT2D eigenvalue weighted by Gasteiger charge is -2.21. The molecule has 0 aliphatic carbocycles. The Bertz CT molecular complexity index is 315. The van der Waals surface area contributed by atoms with E-state index in [1.165, 1.54) is 5.56 Å². The Labute approximate surface area is 110 Å². The van der Waals surface area contributed by atoms with Crippen molar-refractivity contribution in [3.63, 3.8) is 0 Å². The van der Waals surface area contributed by atoms with Gasteiger partial charge < -0.3 is 10.8 Å². The van der Waals surface area contributed by atoms with E-state index in [4.69, 9.17) is 5.73 Å². The minimum absolute atomic E-state index is 0.192. The summed E-state index contributed by atoms with van der Waals surface area (Å²) in [5.74, 6) is 0. The maximum absolute atomic E-state index is 9.49. The fraction of sp³-hybridized carbons (Fsp3) is 0.500. The Morgan fingerprint density at radius 3 is 2.31 bits per heavy atom. The first-order valence-corrected chi connectivity index (χ1v) is 7.07. The van der Waals surface area contributed by atoms with E-state index >= 15 is 0 Å². The van der Waals surface area contributed by atoms with Crippen molar-refractivity contribution in [2.75, 3.05) is 6.54 Å². The zero-order valence-corrected chi connectivity index (χ0v) is 12.0. The van der Waals surface area contributed by atoms with Crippen molar-refractivity contribution in [3.8, 4) is 0 Å². The fourth-order valence-corrected chi connectivity index (χ4v) is 2.76. The average molecular weight is 304 g/mol. The molecule has 1 aromatic carbocycles. The molecule has 0 spiro atoms. The molecule has 0 fully saturated rings. The number of thioether (sulfide) groups is 1. The van der Waals surface area contributed by atoms with Gasteiger partial charge in [0.25, 0.3) is 0 Å². The van der Waals surface area contributed by atoms with Crippen LogP contribution in [-0.2, 0) is 0 Å². The van der Waals surface area contributed by atoms with E-state index in [2.05, 4.69) is 28.1 Å². The summed E-state index contributed by atoms with van der Waals surface area (Å²) in [6.45, 7) is 4.42. The molecule has 0 saturated heterocycles. The standard InChI is InChI=1S/C12H18BrNOS/c1-8(15)9(2)16-12(7-14)10-3-5-11(13)6-4-10/h3-6,8-9,12,15H,7,14H2,1-2H3. The van der Waals surface area contributed by atoms with Gasteiger partial charge in [0.1, 0.15) is 0 Å². The highest BCUT2D eigenvalue weighted by Crippen LogP contribution is 2.33. The summed E-state index contributed by atoms with van der Waals surface area (Å²) in [4.78, 5) is 0. The van der Waals surface area contributed by atoms with Crippen LogP contribution >= 0.6 is 27.7 Å². The van der Waals surface area contributed by atoms with Crippen LogP contribution in [0.1, 0.15) is 24.7 Å². The number of halogens is 1. The SMILES string of the molecule is CC(O)C(C)SC(CN)c1ccc(Br)cc1. The van der Waals surface area contributed by atoms with Gasteiger partial charge in [-0.25, -0.2) is 0 Å². The van der Waals surface area contributed by atoms with Crippen molar-refractivity contribution in [3.05, 3.63) is 34.3 Å². The number of aliphatic hydroxyl groups excluding tert-OH is 1. The van der Waals surface area contributed by atoms with Gasteiger partial charge >= 0.3 is 0 Å². The lowest BCUT2D eigenvalue weighted by Crippen LogP contribution is -2.20. The van der Waals surface area contributed by atoms with Crippen molar-refractivity contribution in [1.82, 2.24) is 0 Å². The van der Waals surface area contributed by atoms with Crippen molar-refractivity contribution in [2.45, 2.75) is 30.5 Å². The zero-order chi connectivity index (χ0) is 12.1. The summed E-state index contributed by atoms with van der Waals surface area (Å²) in [5.41, 5.74) is 6.99. The van der Waals surface area contributed by atoms with Crippen molar-refractivity contribution in [1.29, 1.82) is 0 Å². The molecule has 0 aromatic heterocycles. The summed E-state index contributed by atoms with van der Waals surface area (Å²) >= 11 is 5.13. The molecule has 3 atom stereocenters. The number of rotatable bonds is 5. The Morgan fingerprint density at radius 1 is 1.31 bits per heavy atom. The first-order chi connectivity index (χ1) is 7.54. The quantitative estimate of drug-likeness (QED) is 0.879. The Balaban J connectivity index is 2.70. The highest BCUT2D eigenvalue weighted by Gasteiger charge is 2.17. The van der Waals surface area contributed by atoms with E-state index < -0.39 is 0 Å². The van der Waals surface area contributed by atoms with E-state index in [1.54, 1.807) is 11.8 Å². The first-order valence-electron chi connectivity index (χ1n) is 5.33. The van der Waals surface area contributed by atoms with E-state index in [0.29, 0.717) is 6.54 Å². The summed E-state index contributed by atoms with van der Waals surface area (Å²) < 4.78 is 1.07. The molecule has 16 heavy (non-hydrogen) atoms. The van der Waals surface area contributed by atoms with Gasteiger partial charge in [-0.15, -0.1) is 11.8 Å². The van der Waals surface area contributed by atoms with Crippen LogP contribution < -0.4 is 5.73 Å². The minimum atomic E-state index is -0.311. The molecule has 0 radical (unpaired) electrons. The molecule has 0 heterocycles. The lowest BCUT2D eigenvalue weighted by molar-refractivity contribution is 0.196. The van der Waals surface area contributed by atoms with E-state index in [9.17, 15) is 5.11 Å². The van der Waals surface area contributed by atoms with Crippen molar-refractivity contribution in [2.24, 2.45) is 5.73 Å². The van der Waals surface area contributed by atoms with Crippen LogP contribution in [0.2, 0.25) is 0 Å². The maximum atomic E-state index is 9.49. The molecule has 0 amide bonds. The fourth-order valence-electron chi connectivity index (χ4n) is 1.32. The molecular formula is C12H18BrNOS. The molecule has 0 bridgehead atoms. The number of benzene rings is 1. The number of aliphatic hydroxyl groups is 1. The highest BCUT2D eigenvalue weighted by molar-refractivity contribution is 9.10. The highest BCUT2D eigenvalue weighted by atomic mass is 79.9. The molecule has 3 unspecified atom stereocenters. The second kappa shape index (κ2) is 6.64. The van der Waals surface area contributed by atoms with Gasteiger partial charge in [0.05, 0.1) is 6.10 Å². The zero-order valence-electron chi connectivity index (χ0n) is 9.56. The van der Waals surface area contributed by atoms with Gasteiger partial charge in [-0.05, 0) is 24.6 Å². The second-order valence-electron chi connectivity index (χ2n) is 3.86. The number of nitrogens with two attached hydrogens (primary N) is 1. The number of hydrogen-bond donors (Lipinski definition) is 2. The largest absolute Gasteiger partial charge is 0.392 e. The normalized spacial score (nSPS) is 16.8. The molecule has 2 nitrogen and oxygen atoms in total. The number of hydrogen-bond acceptors (Lipinski definition) is 3. The molecule has 1 rings (SSSR count). The van der Waals surface area contributed by atoms with Crippen molar-refractivity contribution >= 4 is 27.7 Å². The third-order valence-corrected chi connectivity index (χ3v) is 4.66. The first kappa shape index (κ1) is 14.0. The maximum Gasteiger partial charge on any atom is 0.0628 e. The summed E-state index contributed by atoms with van der Waals surface area (Å²) in [6.07, 6.45) is -0.311. The summed E-state index contributed by atoms with van der Waals surface area (Å²) in [5, 5.41) is 9.93. The topological polar surface area (TPSA) is 46.2 Å². The molecule has 0 saturated carbocycles. The molecule has 3 N–H and O–H groups in total. The Kier molecular flexibility index (Phi) is 5.83. The van der Waals surface area contributed by atoms with E-state index in [0.717, 1.165) is 4.47 Å². The van der Waals surface area contributed by atoms with Crippen LogP contribution in [0, 0.1) is 0 Å². The van der Waals surface area contributed by atoms with Gasteiger partial charge in [0.2, 0.25) is 0 Å². The molecule has 0 aliphatic heterocycles. The molecule has 90 valence electrons. The monoisotopic (exact) mass is 303 g/mol. The molecule has 1 aromatic rings. The van der Waals surface area contributed by atoms with Crippen LogP contribution in [0.15, 0.2) is 28.7 Å². The van der Waals surface area contributed by atoms with Gasteiger partial charge in [0, 0.05) is 21.5 Å². The minimum Gasteiger partial charge on any atom is -0.392 e. The van der Waals surface area contributed by atoms with Crippen LogP contribution in [-0.4, -0.2) is 23.0 Å². The van der Waals surface area contributed by atoms with Gasteiger partial charge in [-0.1, -0.05) is 35.0 Å². The Morgan fingerprint density at radius 2 is 1.88 bits per heavy atom. The summed E-state index contributed by atoms with van der Waals surface area (Å²) in [6, 6.07) is 8.18. The van der Waals surface area contributed by atoms with Crippen LogP contribution in [0.5, 0.6) is 0 Å². The van der Waals surface area contributed by atoms with Crippen LogP contribution in [0.3, 0.4) is 0 Å². The van der Waals surface area contributed by atoms with E-state index in [-0.39, 0.29) is 16.6 Å². The molecule has 0 aliphatic rings. The van der Waals surface area contributed by atoms with E-state index in [1.807, 2.05) is 26.0 Å². The summed E-state index contributed by atoms with van der Waals surface area (Å²) in [7, 11) is 0. The predicted octanol–water partition coefficient (Wildman–Crippen LogP) is 2.95.